The molecule has 23 heavy (non-hydrogen) atoms. The highest BCUT2D eigenvalue weighted by Gasteiger charge is 2.09. The molecule has 0 saturated heterocycles. The van der Waals surface area contributed by atoms with E-state index in [1.54, 1.807) is 11.3 Å². The summed E-state index contributed by atoms with van der Waals surface area (Å²) in [6.07, 6.45) is 6.49. The average Bonchev–Trinajstić information content (AvgIpc) is 3.30. The zero-order valence-electron chi connectivity index (χ0n) is 13.2. The lowest BCUT2D eigenvalue weighted by Crippen LogP contribution is -1.80. The average molecular weight is 358 g/mol. The molecule has 0 saturated carbocycles. The summed E-state index contributed by atoms with van der Waals surface area (Å²) < 4.78 is 0. The van der Waals surface area contributed by atoms with Crippen LogP contribution in [0.5, 0.6) is 0 Å². The van der Waals surface area contributed by atoms with Gasteiger partial charge in [0.2, 0.25) is 0 Å². The van der Waals surface area contributed by atoms with Gasteiger partial charge in [-0.3, -0.25) is 0 Å². The number of hydrogen-bond donors (Lipinski definition) is 0. The summed E-state index contributed by atoms with van der Waals surface area (Å²) in [4.78, 5) is 7.41. The SMILES string of the molecule is CCCCCCc1ccc(-c2ccc(-c3ccc(C#N)s3)s2)s1. The molecular weight excluding hydrogens is 338 g/mol. The van der Waals surface area contributed by atoms with Crippen molar-refractivity contribution in [1.29, 1.82) is 5.26 Å². The molecule has 0 unspecified atom stereocenters. The van der Waals surface area contributed by atoms with Crippen LogP contribution in [-0.4, -0.2) is 0 Å². The fourth-order valence-electron chi connectivity index (χ4n) is 2.50. The summed E-state index contributed by atoms with van der Waals surface area (Å²) in [7, 11) is 0. The molecule has 0 aromatic carbocycles. The summed E-state index contributed by atoms with van der Waals surface area (Å²) in [6.45, 7) is 2.25. The van der Waals surface area contributed by atoms with Crippen LogP contribution in [0.4, 0.5) is 0 Å². The first-order valence-corrected chi connectivity index (χ1v) is 10.4. The number of nitriles is 1. The molecule has 0 aliphatic rings. The second-order valence-corrected chi connectivity index (χ2v) is 8.85. The number of nitrogens with zero attached hydrogens (tertiary/aromatic N) is 1. The van der Waals surface area contributed by atoms with E-state index in [0.717, 1.165) is 4.88 Å². The molecule has 118 valence electrons. The summed E-state index contributed by atoms with van der Waals surface area (Å²) in [6, 6.07) is 15.1. The fraction of sp³-hybridized carbons (Fsp3) is 0.316. The Bertz CT molecular complexity index is 801. The standard InChI is InChI=1S/C19H19NS3/c1-2-3-4-5-6-14-7-9-16(21-14)18-11-12-19(23-18)17-10-8-15(13-20)22-17/h7-12H,2-6H2,1H3. The van der Waals surface area contributed by atoms with Gasteiger partial charge in [-0.05, 0) is 49.2 Å². The van der Waals surface area contributed by atoms with E-state index < -0.39 is 0 Å². The molecule has 4 heteroatoms. The molecule has 3 aromatic heterocycles. The van der Waals surface area contributed by atoms with E-state index in [1.165, 1.54) is 56.5 Å². The minimum absolute atomic E-state index is 0.778. The zero-order chi connectivity index (χ0) is 16.1. The third-order valence-electron chi connectivity index (χ3n) is 3.75. The van der Waals surface area contributed by atoms with E-state index in [0.29, 0.717) is 0 Å². The molecule has 3 aromatic rings. The van der Waals surface area contributed by atoms with Crippen molar-refractivity contribution in [2.45, 2.75) is 39.0 Å². The first kappa shape index (κ1) is 16.4. The van der Waals surface area contributed by atoms with Gasteiger partial charge in [0, 0.05) is 24.4 Å². The second-order valence-electron chi connectivity index (χ2n) is 5.52. The summed E-state index contributed by atoms with van der Waals surface area (Å²) >= 11 is 5.31. The van der Waals surface area contributed by atoms with Gasteiger partial charge in [0.15, 0.2) is 0 Å². The highest BCUT2D eigenvalue weighted by molar-refractivity contribution is 7.26. The topological polar surface area (TPSA) is 23.8 Å². The van der Waals surface area contributed by atoms with E-state index in [2.05, 4.69) is 37.3 Å². The van der Waals surface area contributed by atoms with Crippen LogP contribution in [0.3, 0.4) is 0 Å². The largest absolute Gasteiger partial charge is 0.192 e. The van der Waals surface area contributed by atoms with E-state index in [4.69, 9.17) is 5.26 Å². The number of hydrogen-bond acceptors (Lipinski definition) is 4. The molecule has 0 atom stereocenters. The lowest BCUT2D eigenvalue weighted by molar-refractivity contribution is 0.670. The Kier molecular flexibility index (Phi) is 5.66. The van der Waals surface area contributed by atoms with Gasteiger partial charge in [0.05, 0.1) is 0 Å². The fourth-order valence-corrected chi connectivity index (χ4v) is 5.54. The maximum absolute atomic E-state index is 8.95. The van der Waals surface area contributed by atoms with Crippen LogP contribution in [0, 0.1) is 11.3 Å². The normalized spacial score (nSPS) is 10.8. The molecule has 0 fully saturated rings. The predicted molar refractivity (Wildman–Crippen MR) is 104 cm³/mol. The van der Waals surface area contributed by atoms with Crippen LogP contribution in [0.15, 0.2) is 36.4 Å². The number of aryl methyl sites for hydroxylation is 1. The van der Waals surface area contributed by atoms with E-state index in [9.17, 15) is 0 Å². The summed E-state index contributed by atoms with van der Waals surface area (Å²) in [5.41, 5.74) is 0. The van der Waals surface area contributed by atoms with Gasteiger partial charge in [-0.2, -0.15) is 5.26 Å². The monoisotopic (exact) mass is 357 g/mol. The molecular formula is C19H19NS3. The van der Waals surface area contributed by atoms with Crippen LogP contribution in [-0.2, 0) is 6.42 Å². The molecule has 0 amide bonds. The lowest BCUT2D eigenvalue weighted by atomic mass is 10.1. The van der Waals surface area contributed by atoms with Crippen LogP contribution in [0.1, 0.15) is 42.4 Å². The maximum atomic E-state index is 8.95. The Morgan fingerprint density at radius 3 is 2.13 bits per heavy atom. The van der Waals surface area contributed by atoms with Crippen molar-refractivity contribution in [2.75, 3.05) is 0 Å². The Labute approximate surface area is 149 Å². The predicted octanol–water partition coefficient (Wildman–Crippen LogP) is 7.20. The van der Waals surface area contributed by atoms with Crippen molar-refractivity contribution in [3.8, 4) is 25.6 Å². The number of rotatable bonds is 7. The Morgan fingerprint density at radius 1 is 0.783 bits per heavy atom. The molecule has 3 rings (SSSR count). The van der Waals surface area contributed by atoms with Gasteiger partial charge in [0.1, 0.15) is 10.9 Å². The Balaban J connectivity index is 1.68. The molecule has 0 aliphatic carbocycles. The molecule has 0 radical (unpaired) electrons. The Hall–Kier alpha value is -1.41. The lowest BCUT2D eigenvalue weighted by Gasteiger charge is -1.96. The summed E-state index contributed by atoms with van der Waals surface area (Å²) in [5, 5.41) is 8.95. The van der Waals surface area contributed by atoms with Crippen molar-refractivity contribution in [2.24, 2.45) is 0 Å². The third kappa shape index (κ3) is 4.11. The number of thiophene rings is 3. The highest BCUT2D eigenvalue weighted by Crippen LogP contribution is 2.40. The van der Waals surface area contributed by atoms with Gasteiger partial charge in [-0.15, -0.1) is 34.0 Å². The first-order chi connectivity index (χ1) is 11.3. The van der Waals surface area contributed by atoms with Crippen molar-refractivity contribution >= 4 is 34.0 Å². The highest BCUT2D eigenvalue weighted by atomic mass is 32.1. The van der Waals surface area contributed by atoms with Crippen molar-refractivity contribution < 1.29 is 0 Å². The van der Waals surface area contributed by atoms with E-state index in [-0.39, 0.29) is 0 Å². The smallest absolute Gasteiger partial charge is 0.110 e. The molecule has 1 nitrogen and oxygen atoms in total. The minimum Gasteiger partial charge on any atom is -0.192 e. The van der Waals surface area contributed by atoms with Crippen LogP contribution >= 0.6 is 34.0 Å². The minimum atomic E-state index is 0.778. The van der Waals surface area contributed by atoms with E-state index >= 15 is 0 Å². The van der Waals surface area contributed by atoms with Crippen LogP contribution in [0.2, 0.25) is 0 Å². The second kappa shape index (κ2) is 7.92. The Morgan fingerprint density at radius 2 is 1.43 bits per heavy atom. The molecule has 0 N–H and O–H groups in total. The molecule has 0 spiro atoms. The summed E-state index contributed by atoms with van der Waals surface area (Å²) in [5.74, 6) is 0. The van der Waals surface area contributed by atoms with Crippen molar-refractivity contribution in [1.82, 2.24) is 0 Å². The molecule has 3 heterocycles. The van der Waals surface area contributed by atoms with Gasteiger partial charge >= 0.3 is 0 Å². The quantitative estimate of drug-likeness (QED) is 0.410. The van der Waals surface area contributed by atoms with Crippen LogP contribution in [0.25, 0.3) is 19.5 Å². The molecule has 0 bridgehead atoms. The molecule has 0 aliphatic heterocycles. The maximum Gasteiger partial charge on any atom is 0.110 e. The van der Waals surface area contributed by atoms with Crippen LogP contribution < -0.4 is 0 Å². The zero-order valence-corrected chi connectivity index (χ0v) is 15.6. The third-order valence-corrected chi connectivity index (χ3v) is 7.36. The van der Waals surface area contributed by atoms with Crippen molar-refractivity contribution in [3.05, 3.63) is 46.2 Å². The van der Waals surface area contributed by atoms with Gasteiger partial charge < -0.3 is 0 Å². The van der Waals surface area contributed by atoms with Gasteiger partial charge in [-0.1, -0.05) is 26.2 Å². The van der Waals surface area contributed by atoms with Gasteiger partial charge in [0.25, 0.3) is 0 Å². The van der Waals surface area contributed by atoms with Crippen molar-refractivity contribution in [3.63, 3.8) is 0 Å². The van der Waals surface area contributed by atoms with Gasteiger partial charge in [-0.25, -0.2) is 0 Å². The first-order valence-electron chi connectivity index (χ1n) is 7.99. The number of unbranched alkanes of at least 4 members (excludes halogenated alkanes) is 3. The van der Waals surface area contributed by atoms with E-state index in [1.807, 2.05) is 34.8 Å².